The maximum Gasteiger partial charge on any atom is 0.410 e. The lowest BCUT2D eigenvalue weighted by Gasteiger charge is -2.38. The summed E-state index contributed by atoms with van der Waals surface area (Å²) in [5, 5.41) is 0.189. The molecule has 1 aromatic rings. The Morgan fingerprint density at radius 1 is 1.42 bits per heavy atom. The number of rotatable bonds is 2. The van der Waals surface area contributed by atoms with E-state index in [0.717, 1.165) is 12.8 Å². The number of piperidine rings is 1. The standard InChI is InChI=1S/C17H24ClN3O3/c1-17(2,3)24-16(23)21-10-6-7-12(11-21)20(4)15(22)13-8-5-9-19-14(13)18/h5,8-9,12H,6-7,10-11H2,1-4H3/t12-/m0/s1. The van der Waals surface area contributed by atoms with E-state index in [2.05, 4.69) is 4.98 Å². The van der Waals surface area contributed by atoms with Crippen LogP contribution < -0.4 is 0 Å². The zero-order chi connectivity index (χ0) is 17.9. The third kappa shape index (κ3) is 4.60. The van der Waals surface area contributed by atoms with Crippen LogP contribution in [0.15, 0.2) is 18.3 Å². The summed E-state index contributed by atoms with van der Waals surface area (Å²) in [6.07, 6.45) is 2.86. The molecule has 2 rings (SSSR count). The summed E-state index contributed by atoms with van der Waals surface area (Å²) in [4.78, 5) is 32.1. The average molecular weight is 354 g/mol. The first-order valence-corrected chi connectivity index (χ1v) is 8.42. The Labute approximate surface area is 147 Å². The molecule has 0 radical (unpaired) electrons. The van der Waals surface area contributed by atoms with Gasteiger partial charge in [0.05, 0.1) is 5.56 Å². The first-order chi connectivity index (χ1) is 11.2. The van der Waals surface area contributed by atoms with Crippen LogP contribution in [0.4, 0.5) is 4.79 Å². The lowest BCUT2D eigenvalue weighted by molar-refractivity contribution is 0.0123. The van der Waals surface area contributed by atoms with Crippen molar-refractivity contribution in [1.82, 2.24) is 14.8 Å². The lowest BCUT2D eigenvalue weighted by Crippen LogP contribution is -2.51. The Morgan fingerprint density at radius 2 is 2.12 bits per heavy atom. The van der Waals surface area contributed by atoms with Crippen molar-refractivity contribution >= 4 is 23.6 Å². The van der Waals surface area contributed by atoms with Crippen LogP contribution in [0.1, 0.15) is 44.0 Å². The first kappa shape index (κ1) is 18.5. The number of ether oxygens (including phenoxy) is 1. The second kappa shape index (κ2) is 7.38. The Kier molecular flexibility index (Phi) is 5.70. The maximum atomic E-state index is 12.6. The van der Waals surface area contributed by atoms with E-state index in [1.807, 2.05) is 20.8 Å². The molecule has 0 N–H and O–H groups in total. The topological polar surface area (TPSA) is 62.7 Å². The van der Waals surface area contributed by atoms with Gasteiger partial charge in [0, 0.05) is 32.4 Å². The van der Waals surface area contributed by atoms with Crippen molar-refractivity contribution in [2.24, 2.45) is 0 Å². The molecule has 1 fully saturated rings. The number of hydrogen-bond acceptors (Lipinski definition) is 4. The Hall–Kier alpha value is -1.82. The predicted molar refractivity (Wildman–Crippen MR) is 92.2 cm³/mol. The zero-order valence-electron chi connectivity index (χ0n) is 14.6. The number of likely N-dealkylation sites (tertiary alicyclic amines) is 1. The van der Waals surface area contributed by atoms with E-state index in [4.69, 9.17) is 16.3 Å². The van der Waals surface area contributed by atoms with Crippen molar-refractivity contribution < 1.29 is 14.3 Å². The molecule has 0 bridgehead atoms. The molecule has 1 saturated heterocycles. The van der Waals surface area contributed by atoms with Gasteiger partial charge in [-0.15, -0.1) is 0 Å². The second-order valence-corrected chi connectivity index (χ2v) is 7.34. The van der Waals surface area contributed by atoms with E-state index in [-0.39, 0.29) is 23.2 Å². The summed E-state index contributed by atoms with van der Waals surface area (Å²) >= 11 is 6.01. The van der Waals surface area contributed by atoms with Crippen molar-refractivity contribution in [3.8, 4) is 0 Å². The van der Waals surface area contributed by atoms with Gasteiger partial charge in [-0.1, -0.05) is 11.6 Å². The van der Waals surface area contributed by atoms with Gasteiger partial charge in [0.2, 0.25) is 0 Å². The molecule has 1 atom stereocenters. The normalized spacial score (nSPS) is 18.2. The highest BCUT2D eigenvalue weighted by atomic mass is 35.5. The zero-order valence-corrected chi connectivity index (χ0v) is 15.3. The fraction of sp³-hybridized carbons (Fsp3) is 0.588. The molecule has 1 aliphatic heterocycles. The van der Waals surface area contributed by atoms with Crippen LogP contribution in [-0.2, 0) is 4.74 Å². The summed E-state index contributed by atoms with van der Waals surface area (Å²) < 4.78 is 5.42. The number of carbonyl (C=O) groups excluding carboxylic acids is 2. The molecule has 0 unspecified atom stereocenters. The van der Waals surface area contributed by atoms with Gasteiger partial charge in [0.25, 0.3) is 5.91 Å². The molecule has 0 spiro atoms. The van der Waals surface area contributed by atoms with Crippen molar-refractivity contribution in [2.45, 2.75) is 45.3 Å². The van der Waals surface area contributed by atoms with Gasteiger partial charge >= 0.3 is 6.09 Å². The van der Waals surface area contributed by atoms with Gasteiger partial charge in [0.15, 0.2) is 0 Å². The summed E-state index contributed by atoms with van der Waals surface area (Å²) in [5.74, 6) is -0.191. The van der Waals surface area contributed by atoms with Crippen molar-refractivity contribution in [1.29, 1.82) is 0 Å². The Bertz CT molecular complexity index is 615. The number of pyridine rings is 1. The molecule has 6 nitrogen and oxygen atoms in total. The van der Waals surface area contributed by atoms with Crippen LogP contribution in [0.5, 0.6) is 0 Å². The molecule has 24 heavy (non-hydrogen) atoms. The summed E-state index contributed by atoms with van der Waals surface area (Å²) in [5.41, 5.74) is -0.161. The van der Waals surface area contributed by atoms with Crippen molar-refractivity contribution in [2.75, 3.05) is 20.1 Å². The number of amides is 2. The van der Waals surface area contributed by atoms with E-state index in [9.17, 15) is 9.59 Å². The number of nitrogens with zero attached hydrogens (tertiary/aromatic N) is 3. The summed E-state index contributed by atoms with van der Waals surface area (Å²) in [6.45, 7) is 6.61. The van der Waals surface area contributed by atoms with Crippen LogP contribution in [0.3, 0.4) is 0 Å². The number of aromatic nitrogens is 1. The highest BCUT2D eigenvalue weighted by Gasteiger charge is 2.31. The van der Waals surface area contributed by atoms with Crippen molar-refractivity contribution in [3.63, 3.8) is 0 Å². The fourth-order valence-corrected chi connectivity index (χ4v) is 2.86. The highest BCUT2D eigenvalue weighted by Crippen LogP contribution is 2.21. The minimum Gasteiger partial charge on any atom is -0.444 e. The van der Waals surface area contributed by atoms with Crippen LogP contribution in [0.2, 0.25) is 5.15 Å². The van der Waals surface area contributed by atoms with Crippen LogP contribution in [0, 0.1) is 0 Å². The quantitative estimate of drug-likeness (QED) is 0.766. The van der Waals surface area contributed by atoms with Gasteiger partial charge in [0.1, 0.15) is 10.8 Å². The fourth-order valence-electron chi connectivity index (χ4n) is 2.66. The molecular formula is C17H24ClN3O3. The molecule has 2 amide bonds. The maximum absolute atomic E-state index is 12.6. The Morgan fingerprint density at radius 3 is 2.75 bits per heavy atom. The van der Waals surface area contributed by atoms with E-state index in [0.29, 0.717) is 18.7 Å². The van der Waals surface area contributed by atoms with Gasteiger partial charge < -0.3 is 14.5 Å². The number of halogens is 1. The molecule has 1 aromatic heterocycles. The molecule has 132 valence electrons. The number of likely N-dealkylation sites (N-methyl/N-ethyl adjacent to an activating group) is 1. The second-order valence-electron chi connectivity index (χ2n) is 6.98. The Balaban J connectivity index is 2.05. The van der Waals surface area contributed by atoms with Gasteiger partial charge in [-0.2, -0.15) is 0 Å². The highest BCUT2D eigenvalue weighted by molar-refractivity contribution is 6.32. The largest absolute Gasteiger partial charge is 0.444 e. The molecule has 0 saturated carbocycles. The van der Waals surface area contributed by atoms with Crippen LogP contribution in [0.25, 0.3) is 0 Å². The van der Waals surface area contributed by atoms with Crippen LogP contribution in [-0.4, -0.2) is 58.6 Å². The first-order valence-electron chi connectivity index (χ1n) is 8.04. The van der Waals surface area contributed by atoms with Crippen molar-refractivity contribution in [3.05, 3.63) is 29.0 Å². The third-order valence-corrected chi connectivity index (χ3v) is 4.21. The molecule has 1 aliphatic rings. The molecule has 7 heteroatoms. The van der Waals surface area contributed by atoms with Crippen LogP contribution >= 0.6 is 11.6 Å². The van der Waals surface area contributed by atoms with Gasteiger partial charge in [-0.25, -0.2) is 9.78 Å². The molecular weight excluding hydrogens is 330 g/mol. The molecule has 0 aliphatic carbocycles. The number of carbonyl (C=O) groups is 2. The summed E-state index contributed by atoms with van der Waals surface area (Å²) in [7, 11) is 1.73. The minimum atomic E-state index is -0.533. The number of hydrogen-bond donors (Lipinski definition) is 0. The molecule has 0 aromatic carbocycles. The van der Waals surface area contributed by atoms with E-state index in [1.54, 1.807) is 35.2 Å². The van der Waals surface area contributed by atoms with E-state index >= 15 is 0 Å². The van der Waals surface area contributed by atoms with Gasteiger partial charge in [-0.3, -0.25) is 4.79 Å². The monoisotopic (exact) mass is 353 g/mol. The minimum absolute atomic E-state index is 0.0740. The smallest absolute Gasteiger partial charge is 0.410 e. The third-order valence-electron chi connectivity index (χ3n) is 3.91. The SMILES string of the molecule is CN(C(=O)c1cccnc1Cl)[C@H]1CCCN(C(=O)OC(C)(C)C)C1. The molecule has 2 heterocycles. The average Bonchev–Trinajstić information content (AvgIpc) is 2.52. The predicted octanol–water partition coefficient (Wildman–Crippen LogP) is 3.21. The lowest BCUT2D eigenvalue weighted by atomic mass is 10.0. The van der Waals surface area contributed by atoms with E-state index < -0.39 is 5.60 Å². The van der Waals surface area contributed by atoms with E-state index in [1.165, 1.54) is 0 Å². The summed E-state index contributed by atoms with van der Waals surface area (Å²) in [6, 6.07) is 3.26. The van der Waals surface area contributed by atoms with Gasteiger partial charge in [-0.05, 0) is 45.7 Å².